The maximum absolute atomic E-state index is 6.84. The second kappa shape index (κ2) is 19.1. The zero-order valence-corrected chi connectivity index (χ0v) is 34.9. The van der Waals surface area contributed by atoms with Crippen LogP contribution in [0.2, 0.25) is 0 Å². The number of rotatable bonds is 15. The Kier molecular flexibility index (Phi) is 12.9. The van der Waals surface area contributed by atoms with Gasteiger partial charge in [-0.2, -0.15) is 0 Å². The normalized spacial score (nSPS) is 11.5. The monoisotopic (exact) mass is 832 g/mol. The molecule has 8 rings (SSSR count). The summed E-state index contributed by atoms with van der Waals surface area (Å²) < 4.78 is 31.9. The average Bonchev–Trinajstić information content (AvgIpc) is 3.28. The summed E-state index contributed by atoms with van der Waals surface area (Å²) in [5.74, 6) is 2.15. The molecular formula is C48H43N4O4P3. The molecule has 0 fully saturated rings. The summed E-state index contributed by atoms with van der Waals surface area (Å²) in [7, 11) is -8.46. The van der Waals surface area contributed by atoms with E-state index in [1.807, 2.05) is 170 Å². The summed E-state index contributed by atoms with van der Waals surface area (Å²) in [6.45, 7) is 0. The molecule has 8 aromatic carbocycles. The fourth-order valence-electron chi connectivity index (χ4n) is 6.37. The van der Waals surface area contributed by atoms with Crippen molar-refractivity contribution in [2.24, 2.45) is 15.5 Å². The van der Waals surface area contributed by atoms with Crippen molar-refractivity contribution in [3.63, 3.8) is 0 Å². The molecule has 11 heteroatoms. The summed E-state index contributed by atoms with van der Waals surface area (Å²) in [5, 5.41) is 0. The van der Waals surface area contributed by atoms with Crippen LogP contribution in [-0.4, -0.2) is 0 Å². The van der Waals surface area contributed by atoms with Crippen LogP contribution in [0.1, 0.15) is 0 Å². The van der Waals surface area contributed by atoms with Gasteiger partial charge in [0.05, 0.1) is 0 Å². The number of benzene rings is 8. The van der Waals surface area contributed by atoms with E-state index in [9.17, 15) is 0 Å². The maximum atomic E-state index is 6.84. The van der Waals surface area contributed by atoms with Crippen LogP contribution in [0.5, 0.6) is 23.0 Å². The number of nitrogens with one attached hydrogen (secondary N) is 1. The molecule has 0 aliphatic heterocycles. The Hall–Kier alpha value is -6.07. The third-order valence-electron chi connectivity index (χ3n) is 9.24. The fraction of sp³-hybridized carbons (Fsp3) is 0. The van der Waals surface area contributed by atoms with Gasteiger partial charge in [0.1, 0.15) is 0 Å². The second-order valence-electron chi connectivity index (χ2n) is 13.4. The standard InChI is InChI=1S/C48H43N4O4P3/c49-57(50)51-59(55-47-33-25-43(26-34-47)39-17-9-3-10-18-39,56-48-35-27-44(28-36-48)40-19-11-4-12-20-40)52-58(53-45-29-21-41(22-30-45)37-13-5-1-6-14-37)54-46-31-23-42(24-32-46)38-15-7-2-8-16-38/h1-36,52,57,59H,(H4,49,50,51). The molecule has 0 atom stereocenters. The van der Waals surface area contributed by atoms with Gasteiger partial charge in [-0.3, -0.25) is 0 Å². The molecule has 0 radical (unpaired) electrons. The van der Waals surface area contributed by atoms with E-state index >= 15 is 0 Å². The van der Waals surface area contributed by atoms with E-state index in [0.717, 1.165) is 44.5 Å². The van der Waals surface area contributed by atoms with Gasteiger partial charge >= 0.3 is 349 Å². The van der Waals surface area contributed by atoms with Gasteiger partial charge in [0.15, 0.2) is 0 Å². The van der Waals surface area contributed by atoms with Crippen molar-refractivity contribution in [2.75, 3.05) is 0 Å². The topological polar surface area (TPSA) is 113 Å². The quantitative estimate of drug-likeness (QED) is 0.0882. The summed E-state index contributed by atoms with van der Waals surface area (Å²) in [5.41, 5.74) is 21.3. The van der Waals surface area contributed by atoms with Crippen LogP contribution in [0, 0.1) is 0 Å². The number of hydrogen-bond donors (Lipinski definition) is 3. The van der Waals surface area contributed by atoms with Gasteiger partial charge in [0.25, 0.3) is 0 Å². The van der Waals surface area contributed by atoms with Crippen LogP contribution in [0.25, 0.3) is 44.5 Å². The van der Waals surface area contributed by atoms with Crippen molar-refractivity contribution in [1.29, 1.82) is 0 Å². The first kappa shape index (κ1) is 39.7. The van der Waals surface area contributed by atoms with E-state index < -0.39 is 24.6 Å². The molecule has 8 aromatic rings. The van der Waals surface area contributed by atoms with Gasteiger partial charge in [-0.25, -0.2) is 0 Å². The van der Waals surface area contributed by atoms with E-state index in [1.165, 1.54) is 0 Å². The molecule has 5 N–H and O–H groups in total. The van der Waals surface area contributed by atoms with Crippen molar-refractivity contribution < 1.29 is 18.1 Å². The van der Waals surface area contributed by atoms with Crippen molar-refractivity contribution in [1.82, 2.24) is 4.86 Å². The number of nitrogens with zero attached hydrogens (tertiary/aromatic N) is 1. The number of nitrogens with two attached hydrogens (primary N) is 2. The molecule has 0 aromatic heterocycles. The van der Waals surface area contributed by atoms with Gasteiger partial charge in [-0.1, -0.05) is 0 Å². The van der Waals surface area contributed by atoms with Crippen LogP contribution in [0.4, 0.5) is 0 Å². The number of hydrogen-bond acceptors (Lipinski definition) is 6. The van der Waals surface area contributed by atoms with E-state index in [0.29, 0.717) is 23.0 Å². The first-order valence-electron chi connectivity index (χ1n) is 19.0. The SMILES string of the molecule is N[PH](N)=N[PH](NP(Oc1ccc(-c2ccccc2)cc1)Oc1ccc(-c2ccccc2)cc1)(Oc1ccc(-c2ccccc2)cc1)Oc1ccc(-c2ccccc2)cc1. The molecule has 0 heterocycles. The molecule has 0 saturated carbocycles. The zero-order valence-electron chi connectivity index (χ0n) is 32.0. The molecule has 0 aliphatic carbocycles. The minimum absolute atomic E-state index is 0.506. The summed E-state index contributed by atoms with van der Waals surface area (Å²) in [4.78, 5) is 3.49. The molecule has 0 saturated heterocycles. The predicted molar refractivity (Wildman–Crippen MR) is 248 cm³/mol. The summed E-state index contributed by atoms with van der Waals surface area (Å²) in [6.07, 6.45) is 0. The van der Waals surface area contributed by atoms with Gasteiger partial charge in [-0.05, 0) is 0 Å². The van der Waals surface area contributed by atoms with Crippen LogP contribution >= 0.6 is 24.6 Å². The molecule has 0 bridgehead atoms. The fourth-order valence-corrected chi connectivity index (χ4v) is 12.0. The predicted octanol–water partition coefficient (Wildman–Crippen LogP) is 13.3. The molecule has 8 nitrogen and oxygen atoms in total. The summed E-state index contributed by atoms with van der Waals surface area (Å²) >= 11 is 0. The first-order valence-corrected chi connectivity index (χ1v) is 23.6. The third kappa shape index (κ3) is 10.7. The van der Waals surface area contributed by atoms with Crippen molar-refractivity contribution in [3.8, 4) is 67.5 Å². The van der Waals surface area contributed by atoms with Crippen molar-refractivity contribution in [3.05, 3.63) is 218 Å². The van der Waals surface area contributed by atoms with E-state index in [-0.39, 0.29) is 0 Å². The van der Waals surface area contributed by atoms with Gasteiger partial charge < -0.3 is 0 Å². The van der Waals surface area contributed by atoms with Gasteiger partial charge in [0, 0.05) is 0 Å². The van der Waals surface area contributed by atoms with Crippen molar-refractivity contribution in [2.45, 2.75) is 0 Å². The van der Waals surface area contributed by atoms with Crippen LogP contribution < -0.4 is 34.0 Å². The molecule has 0 amide bonds. The molecule has 0 spiro atoms. The van der Waals surface area contributed by atoms with Gasteiger partial charge in [-0.15, -0.1) is 0 Å². The van der Waals surface area contributed by atoms with E-state index in [2.05, 4.69) is 53.4 Å². The Labute approximate surface area is 347 Å². The molecule has 59 heavy (non-hydrogen) atoms. The van der Waals surface area contributed by atoms with Crippen LogP contribution in [0.15, 0.2) is 223 Å². The molecule has 294 valence electrons. The Morgan fingerprint density at radius 1 is 0.356 bits per heavy atom. The Morgan fingerprint density at radius 2 is 0.610 bits per heavy atom. The van der Waals surface area contributed by atoms with Gasteiger partial charge in [0.2, 0.25) is 0 Å². The minimum atomic E-state index is -4.08. The Bertz CT molecular complexity index is 2400. The summed E-state index contributed by atoms with van der Waals surface area (Å²) in [6, 6.07) is 71.8. The first-order chi connectivity index (χ1) is 29.0. The Balaban J connectivity index is 1.16. The molecule has 0 aliphatic rings. The molecular weight excluding hydrogens is 789 g/mol. The second-order valence-corrected chi connectivity index (χ2v) is 18.5. The Morgan fingerprint density at radius 3 is 0.881 bits per heavy atom. The van der Waals surface area contributed by atoms with E-state index in [1.54, 1.807) is 0 Å². The van der Waals surface area contributed by atoms with E-state index in [4.69, 9.17) is 33.6 Å². The zero-order chi connectivity index (χ0) is 40.3. The average molecular weight is 833 g/mol. The molecule has 0 unspecified atom stereocenters. The van der Waals surface area contributed by atoms with Crippen LogP contribution in [0.3, 0.4) is 0 Å². The third-order valence-corrected chi connectivity index (χ3v) is 15.1. The van der Waals surface area contributed by atoms with Crippen LogP contribution in [-0.2, 0) is 0 Å². The van der Waals surface area contributed by atoms with Crippen molar-refractivity contribution >= 4 is 24.6 Å².